The van der Waals surface area contributed by atoms with Gasteiger partial charge in [0.2, 0.25) is 0 Å². The first-order valence-electron chi connectivity index (χ1n) is 3.90. The Morgan fingerprint density at radius 2 is 2.54 bits per heavy atom. The minimum absolute atomic E-state index is 0.00810. The lowest BCUT2D eigenvalue weighted by molar-refractivity contribution is 0.460. The van der Waals surface area contributed by atoms with Crippen LogP contribution in [0.5, 0.6) is 0 Å². The lowest BCUT2D eigenvalue weighted by atomic mass is 10.2. The second kappa shape index (κ2) is 3.68. The summed E-state index contributed by atoms with van der Waals surface area (Å²) in [5, 5.41) is 3.12. The molecule has 0 aromatic carbocycles. The second-order valence-corrected chi connectivity index (χ2v) is 3.13. The van der Waals surface area contributed by atoms with Crippen molar-refractivity contribution in [2.24, 2.45) is 0 Å². The highest BCUT2D eigenvalue weighted by molar-refractivity contribution is 6.99. The molecule has 0 spiro atoms. The molecule has 0 amide bonds. The predicted molar refractivity (Wildman–Crippen MR) is 49.5 cm³/mol. The van der Waals surface area contributed by atoms with Gasteiger partial charge in [-0.15, -0.1) is 0 Å². The van der Waals surface area contributed by atoms with Gasteiger partial charge in [0.05, 0.1) is 29.9 Å². The minimum Gasteiger partial charge on any atom is -0.467 e. The maximum absolute atomic E-state index is 5.28. The van der Waals surface area contributed by atoms with E-state index in [9.17, 15) is 0 Å². The van der Waals surface area contributed by atoms with E-state index in [1.54, 1.807) is 12.5 Å². The van der Waals surface area contributed by atoms with E-state index in [1.165, 1.54) is 11.7 Å². The molecule has 2 aromatic rings. The monoisotopic (exact) mass is 195 g/mol. The summed E-state index contributed by atoms with van der Waals surface area (Å²) < 4.78 is 13.4. The summed E-state index contributed by atoms with van der Waals surface area (Å²) in [6.07, 6.45) is 3.40. The number of nitrogens with zero attached hydrogens (tertiary/aromatic N) is 2. The largest absolute Gasteiger partial charge is 0.467 e. The first kappa shape index (κ1) is 8.40. The molecule has 4 nitrogen and oxygen atoms in total. The minimum atomic E-state index is 0.00810. The fourth-order valence-corrected chi connectivity index (χ4v) is 1.64. The number of nitrogens with one attached hydrogen (secondary N) is 1. The predicted octanol–water partition coefficient (Wildman–Crippen LogP) is 1.44. The van der Waals surface area contributed by atoms with Gasteiger partial charge in [0, 0.05) is 0 Å². The zero-order valence-corrected chi connectivity index (χ0v) is 7.91. The molecule has 2 aromatic heterocycles. The average Bonchev–Trinajstić information content (AvgIpc) is 2.76. The highest BCUT2D eigenvalue weighted by atomic mass is 32.1. The highest BCUT2D eigenvalue weighted by Crippen LogP contribution is 2.19. The van der Waals surface area contributed by atoms with Crippen molar-refractivity contribution in [2.75, 3.05) is 7.05 Å². The first-order chi connectivity index (χ1) is 6.42. The second-order valence-electron chi connectivity index (χ2n) is 2.57. The van der Waals surface area contributed by atoms with Gasteiger partial charge >= 0.3 is 0 Å². The van der Waals surface area contributed by atoms with Gasteiger partial charge in [-0.1, -0.05) is 0 Å². The van der Waals surface area contributed by atoms with Crippen molar-refractivity contribution in [3.63, 3.8) is 0 Å². The Labute approximate surface area is 79.9 Å². The van der Waals surface area contributed by atoms with Gasteiger partial charge in [-0.2, -0.15) is 8.75 Å². The van der Waals surface area contributed by atoms with Gasteiger partial charge in [0.25, 0.3) is 0 Å². The number of furan rings is 1. The van der Waals surface area contributed by atoms with Crippen LogP contribution in [0.1, 0.15) is 17.5 Å². The molecule has 1 unspecified atom stereocenters. The molecule has 13 heavy (non-hydrogen) atoms. The van der Waals surface area contributed by atoms with Crippen LogP contribution in [0.2, 0.25) is 0 Å². The van der Waals surface area contributed by atoms with Gasteiger partial charge < -0.3 is 9.73 Å². The van der Waals surface area contributed by atoms with Crippen LogP contribution in [0.15, 0.2) is 29.0 Å². The van der Waals surface area contributed by atoms with Crippen molar-refractivity contribution < 1.29 is 4.42 Å². The quantitative estimate of drug-likeness (QED) is 0.805. The van der Waals surface area contributed by atoms with Gasteiger partial charge in [-0.05, 0) is 19.2 Å². The van der Waals surface area contributed by atoms with E-state index in [0.717, 1.165) is 11.5 Å². The summed E-state index contributed by atoms with van der Waals surface area (Å²) >= 11 is 1.20. The van der Waals surface area contributed by atoms with E-state index in [-0.39, 0.29) is 6.04 Å². The van der Waals surface area contributed by atoms with Crippen LogP contribution in [0.4, 0.5) is 0 Å². The van der Waals surface area contributed by atoms with E-state index in [2.05, 4.69) is 14.1 Å². The maximum Gasteiger partial charge on any atom is 0.126 e. The molecule has 0 aliphatic rings. The zero-order chi connectivity index (χ0) is 9.10. The third-order valence-electron chi connectivity index (χ3n) is 1.79. The molecule has 5 heteroatoms. The number of hydrogen-bond donors (Lipinski definition) is 1. The number of rotatable bonds is 3. The Bertz CT molecular complexity index is 309. The molecule has 0 aliphatic carbocycles. The average molecular weight is 195 g/mol. The molecule has 1 N–H and O–H groups in total. The standard InChI is InChI=1S/C8H9N3OS/c1-9-8(6-5-10-13-11-6)7-3-2-4-12-7/h2-5,8-9H,1H3. The third kappa shape index (κ3) is 1.61. The van der Waals surface area contributed by atoms with Gasteiger partial charge in [0.15, 0.2) is 0 Å². The summed E-state index contributed by atoms with van der Waals surface area (Å²) in [4.78, 5) is 0. The molecule has 0 fully saturated rings. The van der Waals surface area contributed by atoms with E-state index < -0.39 is 0 Å². The molecule has 68 valence electrons. The third-order valence-corrected chi connectivity index (χ3v) is 2.28. The van der Waals surface area contributed by atoms with E-state index in [0.29, 0.717) is 0 Å². The molecule has 2 rings (SSSR count). The lowest BCUT2D eigenvalue weighted by Gasteiger charge is -2.08. The van der Waals surface area contributed by atoms with Crippen molar-refractivity contribution >= 4 is 11.7 Å². The van der Waals surface area contributed by atoms with Gasteiger partial charge in [-0.25, -0.2) is 0 Å². The summed E-state index contributed by atoms with van der Waals surface area (Å²) in [7, 11) is 1.87. The van der Waals surface area contributed by atoms with Crippen molar-refractivity contribution in [3.8, 4) is 0 Å². The molecule has 0 saturated carbocycles. The normalized spacial score (nSPS) is 13.0. The summed E-state index contributed by atoms with van der Waals surface area (Å²) in [6, 6.07) is 3.79. The topological polar surface area (TPSA) is 51.0 Å². The smallest absolute Gasteiger partial charge is 0.126 e. The van der Waals surface area contributed by atoms with Crippen LogP contribution in [-0.2, 0) is 0 Å². The molecular formula is C8H9N3OS. The molecule has 0 saturated heterocycles. The van der Waals surface area contributed by atoms with Crippen LogP contribution in [0.25, 0.3) is 0 Å². The molecule has 0 bridgehead atoms. The zero-order valence-electron chi connectivity index (χ0n) is 7.10. The molecule has 0 radical (unpaired) electrons. The van der Waals surface area contributed by atoms with Crippen LogP contribution in [0, 0.1) is 0 Å². The van der Waals surface area contributed by atoms with Crippen molar-refractivity contribution in [1.29, 1.82) is 0 Å². The van der Waals surface area contributed by atoms with E-state index in [4.69, 9.17) is 4.42 Å². The Kier molecular flexibility index (Phi) is 2.37. The Morgan fingerprint density at radius 3 is 3.08 bits per heavy atom. The fraction of sp³-hybridized carbons (Fsp3) is 0.250. The van der Waals surface area contributed by atoms with Gasteiger partial charge in [-0.3, -0.25) is 0 Å². The van der Waals surface area contributed by atoms with E-state index in [1.807, 2.05) is 19.2 Å². The summed E-state index contributed by atoms with van der Waals surface area (Å²) in [5.74, 6) is 0.857. The van der Waals surface area contributed by atoms with Crippen molar-refractivity contribution in [2.45, 2.75) is 6.04 Å². The van der Waals surface area contributed by atoms with Crippen LogP contribution >= 0.6 is 11.7 Å². The Morgan fingerprint density at radius 1 is 1.62 bits per heavy atom. The van der Waals surface area contributed by atoms with Crippen molar-refractivity contribution in [1.82, 2.24) is 14.1 Å². The SMILES string of the molecule is CNC(c1cnsn1)c1ccco1. The summed E-state index contributed by atoms with van der Waals surface area (Å²) in [6.45, 7) is 0. The van der Waals surface area contributed by atoms with Gasteiger partial charge in [0.1, 0.15) is 11.8 Å². The van der Waals surface area contributed by atoms with Crippen LogP contribution in [-0.4, -0.2) is 15.8 Å². The molecular weight excluding hydrogens is 186 g/mol. The number of hydrogen-bond acceptors (Lipinski definition) is 5. The maximum atomic E-state index is 5.28. The fourth-order valence-electron chi connectivity index (χ4n) is 1.19. The molecule has 0 aliphatic heterocycles. The Hall–Kier alpha value is -1.20. The van der Waals surface area contributed by atoms with Crippen LogP contribution < -0.4 is 5.32 Å². The van der Waals surface area contributed by atoms with E-state index >= 15 is 0 Å². The van der Waals surface area contributed by atoms with Crippen molar-refractivity contribution in [3.05, 3.63) is 36.0 Å². The number of aromatic nitrogens is 2. The Balaban J connectivity index is 2.29. The highest BCUT2D eigenvalue weighted by Gasteiger charge is 2.16. The van der Waals surface area contributed by atoms with Crippen LogP contribution in [0.3, 0.4) is 0 Å². The lowest BCUT2D eigenvalue weighted by Crippen LogP contribution is -2.17. The molecule has 2 heterocycles. The molecule has 1 atom stereocenters. The first-order valence-corrected chi connectivity index (χ1v) is 4.63. The summed E-state index contributed by atoms with van der Waals surface area (Å²) in [5.41, 5.74) is 0.891.